The quantitative estimate of drug-likeness (QED) is 0.440. The zero-order valence-electron chi connectivity index (χ0n) is 14.6. The molecular weight excluding hydrogens is 344 g/mol. The number of para-hydroxylation sites is 2. The maximum atomic E-state index is 2.43. The van der Waals surface area contributed by atoms with Gasteiger partial charge in [0.15, 0.2) is 0 Å². The Balaban J connectivity index is 1.65. The summed E-state index contributed by atoms with van der Waals surface area (Å²) in [5, 5.41) is 2.75. The van der Waals surface area contributed by atoms with E-state index in [9.17, 15) is 0 Å². The van der Waals surface area contributed by atoms with E-state index in [1.807, 2.05) is 22.7 Å². The summed E-state index contributed by atoms with van der Waals surface area (Å²) in [7, 11) is 0. The fourth-order valence-electron chi connectivity index (χ4n) is 3.35. The Morgan fingerprint density at radius 2 is 1.40 bits per heavy atom. The second-order valence-corrected chi connectivity index (χ2v) is 8.14. The molecule has 0 unspecified atom stereocenters. The SMILES string of the molecule is CC[n+]1c(/C=C/Cc2sc3ccccc3[n+]2CC)sc2ccccc21. The van der Waals surface area contributed by atoms with E-state index in [2.05, 4.69) is 83.7 Å². The summed E-state index contributed by atoms with van der Waals surface area (Å²) >= 11 is 3.78. The van der Waals surface area contributed by atoms with E-state index in [0.29, 0.717) is 0 Å². The molecule has 2 nitrogen and oxygen atoms in total. The number of hydrogen-bond acceptors (Lipinski definition) is 2. The number of fused-ring (bicyclic) bond motifs is 2. The predicted molar refractivity (Wildman–Crippen MR) is 108 cm³/mol. The smallest absolute Gasteiger partial charge is 0.186 e. The Labute approximate surface area is 156 Å². The molecule has 0 saturated carbocycles. The molecule has 2 aromatic carbocycles. The van der Waals surface area contributed by atoms with Crippen molar-refractivity contribution in [3.05, 3.63) is 64.6 Å². The van der Waals surface area contributed by atoms with E-state index < -0.39 is 0 Å². The van der Waals surface area contributed by atoms with E-state index >= 15 is 0 Å². The van der Waals surface area contributed by atoms with Gasteiger partial charge in [-0.15, -0.1) is 0 Å². The predicted octanol–water partition coefficient (Wildman–Crippen LogP) is 4.99. The van der Waals surface area contributed by atoms with E-state index in [4.69, 9.17) is 0 Å². The lowest BCUT2D eigenvalue weighted by Gasteiger charge is -1.93. The Kier molecular flexibility index (Phi) is 4.64. The average molecular weight is 367 g/mol. The highest BCUT2D eigenvalue weighted by Gasteiger charge is 2.18. The first kappa shape index (κ1) is 16.4. The minimum atomic E-state index is 0.977. The number of aryl methyl sites for hydroxylation is 2. The largest absolute Gasteiger partial charge is 0.262 e. The number of allylic oxidation sites excluding steroid dienone is 1. The zero-order chi connectivity index (χ0) is 17.2. The molecule has 0 fully saturated rings. The van der Waals surface area contributed by atoms with Crippen LogP contribution in [0, 0.1) is 0 Å². The first-order chi connectivity index (χ1) is 12.3. The van der Waals surface area contributed by atoms with Crippen LogP contribution in [0.3, 0.4) is 0 Å². The maximum absolute atomic E-state index is 2.43. The van der Waals surface area contributed by atoms with Crippen LogP contribution in [0.15, 0.2) is 54.6 Å². The van der Waals surface area contributed by atoms with Gasteiger partial charge in [-0.2, -0.15) is 9.13 Å². The molecule has 0 atom stereocenters. The van der Waals surface area contributed by atoms with Gasteiger partial charge in [0.1, 0.15) is 22.5 Å². The fraction of sp³-hybridized carbons (Fsp3) is 0.238. The van der Waals surface area contributed by atoms with Gasteiger partial charge >= 0.3 is 0 Å². The standard InChI is InChI=1S/C21H22N2S2/c1-3-22-16-10-5-7-12-18(16)24-20(22)14-9-15-21-23(4-2)17-11-6-8-13-19(17)25-21/h5-14H,3-4,15H2,1-2H3/q+2/b14-9+. The van der Waals surface area contributed by atoms with Crippen LogP contribution in [-0.4, -0.2) is 0 Å². The van der Waals surface area contributed by atoms with Crippen molar-refractivity contribution in [2.75, 3.05) is 0 Å². The van der Waals surface area contributed by atoms with E-state index in [0.717, 1.165) is 19.5 Å². The van der Waals surface area contributed by atoms with Crippen molar-refractivity contribution in [3.8, 4) is 0 Å². The van der Waals surface area contributed by atoms with Gasteiger partial charge < -0.3 is 0 Å². The second-order valence-electron chi connectivity index (χ2n) is 5.97. The van der Waals surface area contributed by atoms with Gasteiger partial charge in [0.2, 0.25) is 16.0 Å². The van der Waals surface area contributed by atoms with Crippen LogP contribution in [0.5, 0.6) is 0 Å². The van der Waals surface area contributed by atoms with Crippen LogP contribution < -0.4 is 9.13 Å². The lowest BCUT2D eigenvalue weighted by Crippen LogP contribution is -2.34. The van der Waals surface area contributed by atoms with Crippen LogP contribution >= 0.6 is 22.7 Å². The summed E-state index contributed by atoms with van der Waals surface area (Å²) in [5.74, 6) is 0. The van der Waals surface area contributed by atoms with E-state index in [1.54, 1.807) is 0 Å². The van der Waals surface area contributed by atoms with Gasteiger partial charge in [-0.05, 0) is 26.0 Å². The molecule has 0 N–H and O–H groups in total. The molecule has 0 radical (unpaired) electrons. The van der Waals surface area contributed by atoms with Gasteiger partial charge in [-0.25, -0.2) is 0 Å². The molecule has 0 aliphatic carbocycles. The number of nitrogens with zero attached hydrogens (tertiary/aromatic N) is 2. The summed E-state index contributed by atoms with van der Waals surface area (Å²) in [6.07, 6.45) is 5.58. The molecule has 2 aromatic heterocycles. The minimum absolute atomic E-state index is 0.977. The van der Waals surface area contributed by atoms with Crippen LogP contribution in [0.2, 0.25) is 0 Å². The molecule has 0 saturated heterocycles. The minimum Gasteiger partial charge on any atom is -0.186 e. The molecule has 4 aromatic rings. The lowest BCUT2D eigenvalue weighted by molar-refractivity contribution is -0.670. The van der Waals surface area contributed by atoms with Crippen LogP contribution in [0.1, 0.15) is 23.9 Å². The average Bonchev–Trinajstić information content (AvgIpc) is 3.18. The molecule has 0 aliphatic rings. The Bertz CT molecular complexity index is 1060. The van der Waals surface area contributed by atoms with Gasteiger partial charge in [0.25, 0.3) is 5.01 Å². The molecule has 25 heavy (non-hydrogen) atoms. The van der Waals surface area contributed by atoms with Crippen LogP contribution in [0.4, 0.5) is 0 Å². The highest BCUT2D eigenvalue weighted by molar-refractivity contribution is 7.19. The Morgan fingerprint density at radius 1 is 0.800 bits per heavy atom. The summed E-state index contributed by atoms with van der Waals surface area (Å²) in [6, 6.07) is 17.4. The van der Waals surface area contributed by atoms with Gasteiger partial charge in [0, 0.05) is 18.2 Å². The van der Waals surface area contributed by atoms with Crippen molar-refractivity contribution in [2.45, 2.75) is 33.4 Å². The molecule has 0 spiro atoms. The van der Waals surface area contributed by atoms with Gasteiger partial charge in [0.05, 0.1) is 6.42 Å². The number of benzene rings is 2. The summed E-state index contributed by atoms with van der Waals surface area (Å²) in [5.41, 5.74) is 2.68. The van der Waals surface area contributed by atoms with E-state index in [1.165, 1.54) is 30.4 Å². The maximum Gasteiger partial charge on any atom is 0.262 e. The van der Waals surface area contributed by atoms with Crippen molar-refractivity contribution >= 4 is 49.2 Å². The zero-order valence-corrected chi connectivity index (χ0v) is 16.2. The molecule has 0 amide bonds. The third-order valence-electron chi connectivity index (χ3n) is 4.51. The second kappa shape index (κ2) is 7.06. The Hall–Kier alpha value is -2.04. The monoisotopic (exact) mass is 366 g/mol. The highest BCUT2D eigenvalue weighted by atomic mass is 32.1. The van der Waals surface area contributed by atoms with Crippen molar-refractivity contribution in [1.29, 1.82) is 0 Å². The summed E-state index contributed by atoms with van der Waals surface area (Å²) in [6.45, 7) is 6.46. The number of aromatic nitrogens is 2. The van der Waals surface area contributed by atoms with Crippen molar-refractivity contribution < 1.29 is 9.13 Å². The summed E-state index contributed by atoms with van der Waals surface area (Å²) in [4.78, 5) is 0. The normalized spacial score (nSPS) is 11.9. The van der Waals surface area contributed by atoms with Crippen molar-refractivity contribution in [3.63, 3.8) is 0 Å². The number of rotatable bonds is 5. The van der Waals surface area contributed by atoms with Gasteiger partial charge in [-0.1, -0.05) is 53.0 Å². The third-order valence-corrected chi connectivity index (χ3v) is 6.83. The summed E-state index contributed by atoms with van der Waals surface area (Å²) < 4.78 is 7.56. The molecule has 126 valence electrons. The van der Waals surface area contributed by atoms with Crippen LogP contribution in [-0.2, 0) is 19.5 Å². The fourth-order valence-corrected chi connectivity index (χ4v) is 5.70. The highest BCUT2D eigenvalue weighted by Crippen LogP contribution is 2.23. The van der Waals surface area contributed by atoms with E-state index in [-0.39, 0.29) is 0 Å². The van der Waals surface area contributed by atoms with Crippen LogP contribution in [0.25, 0.3) is 26.5 Å². The number of thiazole rings is 2. The van der Waals surface area contributed by atoms with Crippen molar-refractivity contribution in [2.24, 2.45) is 0 Å². The molecule has 0 bridgehead atoms. The van der Waals surface area contributed by atoms with Gasteiger partial charge in [-0.3, -0.25) is 0 Å². The molecule has 4 heteroatoms. The molecule has 0 aliphatic heterocycles. The Morgan fingerprint density at radius 3 is 2.08 bits per heavy atom. The molecular formula is C21H22N2S2+2. The third kappa shape index (κ3) is 3.00. The molecule has 2 heterocycles. The first-order valence-corrected chi connectivity index (χ1v) is 10.4. The number of hydrogen-bond donors (Lipinski definition) is 0. The first-order valence-electron chi connectivity index (χ1n) is 8.80. The van der Waals surface area contributed by atoms with Crippen molar-refractivity contribution in [1.82, 2.24) is 0 Å². The topological polar surface area (TPSA) is 7.76 Å². The lowest BCUT2D eigenvalue weighted by atomic mass is 10.3. The molecule has 4 rings (SSSR count).